The predicted octanol–water partition coefficient (Wildman–Crippen LogP) is 2.85. The number of benzene rings is 1. The van der Waals surface area contributed by atoms with Crippen molar-refractivity contribution in [2.75, 3.05) is 0 Å². The maximum Gasteiger partial charge on any atom is 0.420 e. The minimum Gasteiger partial charge on any atom is -0.408 e. The highest BCUT2D eigenvalue weighted by atomic mass is 32.1. The molecule has 0 radical (unpaired) electrons. The highest BCUT2D eigenvalue weighted by Crippen LogP contribution is 2.29. The van der Waals surface area contributed by atoms with Gasteiger partial charge < -0.3 is 9.32 Å². The minimum absolute atomic E-state index is 0.0255. The Hall–Kier alpha value is -2.34. The first kappa shape index (κ1) is 14.3. The van der Waals surface area contributed by atoms with Gasteiger partial charge in [-0.05, 0) is 36.4 Å². The molecule has 0 saturated heterocycles. The van der Waals surface area contributed by atoms with Crippen LogP contribution in [0.15, 0.2) is 51.0 Å². The second kappa shape index (κ2) is 5.70. The second-order valence-corrected chi connectivity index (χ2v) is 6.79. The van der Waals surface area contributed by atoms with Crippen LogP contribution in [0.2, 0.25) is 0 Å². The monoisotopic (exact) mass is 328 g/mol. The van der Waals surface area contributed by atoms with Crippen LogP contribution in [0.1, 0.15) is 17.7 Å². The fourth-order valence-corrected chi connectivity index (χ4v) is 3.47. The summed E-state index contributed by atoms with van der Waals surface area (Å²) in [5.41, 5.74) is 1.18. The summed E-state index contributed by atoms with van der Waals surface area (Å²) in [6.07, 6.45) is 2.08. The molecule has 118 valence electrons. The molecule has 0 unspecified atom stereocenters. The molecule has 0 N–H and O–H groups in total. The first-order chi connectivity index (χ1) is 11.2. The van der Waals surface area contributed by atoms with Crippen molar-refractivity contribution in [3.63, 3.8) is 0 Å². The number of rotatable bonds is 5. The molecule has 2 aromatic heterocycles. The highest BCUT2D eigenvalue weighted by molar-refractivity contribution is 7.09. The van der Waals surface area contributed by atoms with Gasteiger partial charge in [0, 0.05) is 10.9 Å². The Labute approximate surface area is 136 Å². The van der Waals surface area contributed by atoms with Gasteiger partial charge in [-0.3, -0.25) is 9.36 Å². The molecule has 0 spiro atoms. The lowest BCUT2D eigenvalue weighted by Crippen LogP contribution is -2.36. The fourth-order valence-electron chi connectivity index (χ4n) is 2.77. The zero-order valence-corrected chi connectivity index (χ0v) is 13.3. The van der Waals surface area contributed by atoms with E-state index >= 15 is 0 Å². The molecule has 1 aliphatic carbocycles. The molecular formula is C17H16N2O3S. The smallest absolute Gasteiger partial charge is 0.408 e. The maximum absolute atomic E-state index is 12.7. The van der Waals surface area contributed by atoms with Crippen LogP contribution in [0.4, 0.5) is 0 Å². The zero-order chi connectivity index (χ0) is 15.8. The zero-order valence-electron chi connectivity index (χ0n) is 12.5. The number of carbonyl (C=O) groups excluding carboxylic acids is 1. The molecule has 0 atom stereocenters. The highest BCUT2D eigenvalue weighted by Gasteiger charge is 2.33. The number of hydrogen-bond acceptors (Lipinski definition) is 4. The largest absolute Gasteiger partial charge is 0.420 e. The Morgan fingerprint density at radius 3 is 2.83 bits per heavy atom. The number of hydrogen-bond donors (Lipinski definition) is 0. The topological polar surface area (TPSA) is 55.5 Å². The third-order valence-electron chi connectivity index (χ3n) is 4.08. The summed E-state index contributed by atoms with van der Waals surface area (Å²) in [6, 6.07) is 11.5. The van der Waals surface area contributed by atoms with E-state index in [0.717, 1.165) is 17.7 Å². The molecule has 2 heterocycles. The number of nitrogens with zero attached hydrogens (tertiary/aromatic N) is 2. The fraction of sp³-hybridized carbons (Fsp3) is 0.294. The Morgan fingerprint density at radius 1 is 1.26 bits per heavy atom. The quantitative estimate of drug-likeness (QED) is 0.724. The Morgan fingerprint density at radius 2 is 2.09 bits per heavy atom. The number of para-hydroxylation sites is 2. The molecule has 0 bridgehead atoms. The van der Waals surface area contributed by atoms with Crippen LogP contribution in [-0.4, -0.2) is 21.4 Å². The SMILES string of the molecule is O=C(Cn1c(=O)oc2ccccc21)N(Cc1cccs1)C1CC1. The van der Waals surface area contributed by atoms with Crippen molar-refractivity contribution in [2.24, 2.45) is 0 Å². The molecular weight excluding hydrogens is 312 g/mol. The minimum atomic E-state index is -0.480. The van der Waals surface area contributed by atoms with Gasteiger partial charge in [-0.2, -0.15) is 0 Å². The van der Waals surface area contributed by atoms with E-state index in [0.29, 0.717) is 23.7 Å². The predicted molar refractivity (Wildman–Crippen MR) is 88.4 cm³/mol. The van der Waals surface area contributed by atoms with Crippen molar-refractivity contribution in [1.82, 2.24) is 9.47 Å². The van der Waals surface area contributed by atoms with Gasteiger partial charge in [0.05, 0.1) is 12.1 Å². The molecule has 1 fully saturated rings. The lowest BCUT2D eigenvalue weighted by Gasteiger charge is -2.21. The van der Waals surface area contributed by atoms with Gasteiger partial charge in [0.2, 0.25) is 5.91 Å². The van der Waals surface area contributed by atoms with Crippen LogP contribution in [0, 0.1) is 0 Å². The number of thiophene rings is 1. The first-order valence-corrected chi connectivity index (χ1v) is 8.50. The number of aromatic nitrogens is 1. The molecule has 6 heteroatoms. The summed E-state index contributed by atoms with van der Waals surface area (Å²) in [5, 5.41) is 2.01. The number of carbonyl (C=O) groups is 1. The molecule has 5 nitrogen and oxygen atoms in total. The van der Waals surface area contributed by atoms with Gasteiger partial charge in [-0.1, -0.05) is 18.2 Å². The molecule has 0 aliphatic heterocycles. The van der Waals surface area contributed by atoms with Crippen LogP contribution < -0.4 is 5.76 Å². The van der Waals surface area contributed by atoms with Crippen molar-refractivity contribution in [1.29, 1.82) is 0 Å². The molecule has 1 amide bonds. The van der Waals surface area contributed by atoms with E-state index in [2.05, 4.69) is 0 Å². The lowest BCUT2D eigenvalue weighted by molar-refractivity contribution is -0.133. The molecule has 4 rings (SSSR count). The van der Waals surface area contributed by atoms with E-state index in [-0.39, 0.29) is 12.5 Å². The van der Waals surface area contributed by atoms with Crippen LogP contribution in [0.5, 0.6) is 0 Å². The van der Waals surface area contributed by atoms with E-state index in [4.69, 9.17) is 4.42 Å². The summed E-state index contributed by atoms with van der Waals surface area (Å²) >= 11 is 1.65. The summed E-state index contributed by atoms with van der Waals surface area (Å²) < 4.78 is 6.62. The summed E-state index contributed by atoms with van der Waals surface area (Å²) in [4.78, 5) is 27.8. The average molecular weight is 328 g/mol. The second-order valence-electron chi connectivity index (χ2n) is 5.75. The van der Waals surface area contributed by atoms with Gasteiger partial charge in [-0.15, -0.1) is 11.3 Å². The van der Waals surface area contributed by atoms with E-state index in [1.165, 1.54) is 4.57 Å². The molecule has 3 aromatic rings. The van der Waals surface area contributed by atoms with Crippen LogP contribution in [0.25, 0.3) is 11.1 Å². The molecule has 23 heavy (non-hydrogen) atoms. The van der Waals surface area contributed by atoms with Crippen molar-refractivity contribution in [3.05, 3.63) is 57.2 Å². The third-order valence-corrected chi connectivity index (χ3v) is 4.94. The molecule has 1 aromatic carbocycles. The maximum atomic E-state index is 12.7. The normalized spacial score (nSPS) is 14.3. The van der Waals surface area contributed by atoms with Crippen LogP contribution in [0.3, 0.4) is 0 Å². The number of oxazole rings is 1. The summed E-state index contributed by atoms with van der Waals surface area (Å²) in [7, 11) is 0. The van der Waals surface area contributed by atoms with Gasteiger partial charge in [-0.25, -0.2) is 4.79 Å². The Kier molecular flexibility index (Phi) is 3.53. The van der Waals surface area contributed by atoms with Crippen LogP contribution >= 0.6 is 11.3 Å². The number of fused-ring (bicyclic) bond motifs is 1. The Balaban J connectivity index is 1.60. The lowest BCUT2D eigenvalue weighted by atomic mass is 10.3. The van der Waals surface area contributed by atoms with Crippen molar-refractivity contribution in [3.8, 4) is 0 Å². The molecule has 1 saturated carbocycles. The standard InChI is InChI=1S/C17H16N2O3S/c20-16(18(12-7-8-12)10-13-4-3-9-23-13)11-19-14-5-1-2-6-15(14)22-17(19)21/h1-6,9,12H,7-8,10-11H2. The Bertz CT molecular complexity index is 890. The third kappa shape index (κ3) is 2.82. The number of amides is 1. The molecule has 1 aliphatic rings. The van der Waals surface area contributed by atoms with E-state index in [1.807, 2.05) is 34.5 Å². The van der Waals surface area contributed by atoms with Crippen molar-refractivity contribution < 1.29 is 9.21 Å². The van der Waals surface area contributed by atoms with Gasteiger partial charge in [0.1, 0.15) is 6.54 Å². The first-order valence-electron chi connectivity index (χ1n) is 7.62. The van der Waals surface area contributed by atoms with E-state index in [9.17, 15) is 9.59 Å². The van der Waals surface area contributed by atoms with Crippen molar-refractivity contribution >= 4 is 28.3 Å². The van der Waals surface area contributed by atoms with Gasteiger partial charge in [0.25, 0.3) is 0 Å². The van der Waals surface area contributed by atoms with E-state index < -0.39 is 5.76 Å². The summed E-state index contributed by atoms with van der Waals surface area (Å²) in [6.45, 7) is 0.642. The van der Waals surface area contributed by atoms with E-state index in [1.54, 1.807) is 23.5 Å². The van der Waals surface area contributed by atoms with Gasteiger partial charge >= 0.3 is 5.76 Å². The average Bonchev–Trinajstić information content (AvgIpc) is 3.16. The van der Waals surface area contributed by atoms with Crippen molar-refractivity contribution in [2.45, 2.75) is 32.0 Å². The summed E-state index contributed by atoms with van der Waals surface area (Å²) in [5.74, 6) is -0.513. The van der Waals surface area contributed by atoms with Crippen LogP contribution in [-0.2, 0) is 17.9 Å². The van der Waals surface area contributed by atoms with Gasteiger partial charge in [0.15, 0.2) is 5.58 Å².